The van der Waals surface area contributed by atoms with Gasteiger partial charge in [0, 0.05) is 18.6 Å². The molecular weight excluding hydrogens is 178 g/mol. The Morgan fingerprint density at radius 2 is 2.36 bits per heavy atom. The number of carbonyl (C=O) groups is 1. The maximum Gasteiger partial charge on any atom is 0.181 e. The van der Waals surface area contributed by atoms with Gasteiger partial charge in [-0.25, -0.2) is 0 Å². The lowest BCUT2D eigenvalue weighted by atomic mass is 10.0. The molecule has 3 nitrogen and oxygen atoms in total. The third kappa shape index (κ3) is 1.66. The summed E-state index contributed by atoms with van der Waals surface area (Å²) in [5, 5.41) is 3.69. The number of Topliss-reactive ketones (excluding diaryl/α,β-unsaturated/α-hetero) is 1. The molecule has 1 heterocycles. The number of allylic oxidation sites excluding steroid dienone is 4. The standard InChI is InChI=1S/C11H11NO2/c1-8(13)10-7-11(14-12-10)9-5-3-2-4-6-9/h3,5-7H,2,4H2,1H3. The van der Waals surface area contributed by atoms with E-state index < -0.39 is 0 Å². The zero-order valence-corrected chi connectivity index (χ0v) is 7.99. The van der Waals surface area contributed by atoms with Gasteiger partial charge in [-0.1, -0.05) is 23.4 Å². The maximum atomic E-state index is 11.0. The number of aromatic nitrogens is 1. The maximum absolute atomic E-state index is 11.0. The predicted octanol–water partition coefficient (Wildman–Crippen LogP) is 2.61. The van der Waals surface area contributed by atoms with Gasteiger partial charge in [0.15, 0.2) is 11.5 Å². The van der Waals surface area contributed by atoms with Crippen molar-refractivity contribution < 1.29 is 9.32 Å². The Hall–Kier alpha value is -1.64. The molecule has 0 aliphatic heterocycles. The molecule has 0 unspecified atom stereocenters. The van der Waals surface area contributed by atoms with Crippen molar-refractivity contribution in [3.8, 4) is 0 Å². The number of hydrogen-bond acceptors (Lipinski definition) is 3. The van der Waals surface area contributed by atoms with Crippen molar-refractivity contribution in [1.82, 2.24) is 5.16 Å². The molecule has 0 fully saturated rings. The summed E-state index contributed by atoms with van der Waals surface area (Å²) in [5.41, 5.74) is 1.40. The first-order valence-corrected chi connectivity index (χ1v) is 4.62. The van der Waals surface area contributed by atoms with Gasteiger partial charge < -0.3 is 4.52 Å². The molecule has 0 N–H and O–H groups in total. The fourth-order valence-corrected chi connectivity index (χ4v) is 1.37. The lowest BCUT2D eigenvalue weighted by Gasteiger charge is -2.00. The SMILES string of the molecule is CC(=O)c1cc(C2=CCCC=C2)on1. The molecule has 1 aromatic heterocycles. The van der Waals surface area contributed by atoms with Gasteiger partial charge in [-0.05, 0) is 12.8 Å². The Balaban J connectivity index is 2.28. The van der Waals surface area contributed by atoms with E-state index in [1.807, 2.05) is 6.08 Å². The van der Waals surface area contributed by atoms with E-state index in [1.165, 1.54) is 6.92 Å². The van der Waals surface area contributed by atoms with Crippen LogP contribution in [0.2, 0.25) is 0 Å². The Bertz CT molecular complexity index is 413. The molecule has 1 aliphatic carbocycles. The van der Waals surface area contributed by atoms with Crippen molar-refractivity contribution in [3.05, 3.63) is 35.7 Å². The Labute approximate surface area is 82.1 Å². The van der Waals surface area contributed by atoms with Crippen LogP contribution in [0.3, 0.4) is 0 Å². The largest absolute Gasteiger partial charge is 0.356 e. The Morgan fingerprint density at radius 3 is 2.93 bits per heavy atom. The molecular formula is C11H11NO2. The summed E-state index contributed by atoms with van der Waals surface area (Å²) in [6.07, 6.45) is 8.25. The quantitative estimate of drug-likeness (QED) is 0.671. The third-order valence-corrected chi connectivity index (χ3v) is 2.15. The normalized spacial score (nSPS) is 15.4. The van der Waals surface area contributed by atoms with Crippen LogP contribution in [-0.4, -0.2) is 10.9 Å². The number of rotatable bonds is 2. The summed E-state index contributed by atoms with van der Waals surface area (Å²) in [5.74, 6) is 0.603. The van der Waals surface area contributed by atoms with Crippen LogP contribution < -0.4 is 0 Å². The summed E-state index contributed by atoms with van der Waals surface area (Å²) in [6, 6.07) is 1.68. The number of carbonyl (C=O) groups excluding carboxylic acids is 1. The van der Waals surface area contributed by atoms with Crippen LogP contribution in [0.25, 0.3) is 5.57 Å². The summed E-state index contributed by atoms with van der Waals surface area (Å²) >= 11 is 0. The van der Waals surface area contributed by atoms with Crippen molar-refractivity contribution in [1.29, 1.82) is 0 Å². The first-order valence-electron chi connectivity index (χ1n) is 4.62. The van der Waals surface area contributed by atoms with Crippen molar-refractivity contribution >= 4 is 11.4 Å². The lowest BCUT2D eigenvalue weighted by molar-refractivity contribution is 0.100. The minimum atomic E-state index is -0.0691. The zero-order chi connectivity index (χ0) is 9.97. The van der Waals surface area contributed by atoms with Gasteiger partial charge in [0.25, 0.3) is 0 Å². The van der Waals surface area contributed by atoms with E-state index in [0.29, 0.717) is 11.5 Å². The second-order valence-electron chi connectivity index (χ2n) is 3.27. The molecule has 72 valence electrons. The molecule has 0 aromatic carbocycles. The predicted molar refractivity (Wildman–Crippen MR) is 52.9 cm³/mol. The molecule has 1 aromatic rings. The van der Waals surface area contributed by atoms with Crippen molar-refractivity contribution in [3.63, 3.8) is 0 Å². The zero-order valence-electron chi connectivity index (χ0n) is 7.99. The summed E-state index contributed by atoms with van der Waals surface area (Å²) < 4.78 is 5.08. The van der Waals surface area contributed by atoms with E-state index in [0.717, 1.165) is 18.4 Å². The molecule has 0 radical (unpaired) electrons. The summed E-state index contributed by atoms with van der Waals surface area (Å²) in [7, 11) is 0. The molecule has 3 heteroatoms. The molecule has 0 saturated carbocycles. The van der Waals surface area contributed by atoms with E-state index in [1.54, 1.807) is 6.07 Å². The van der Waals surface area contributed by atoms with Crippen LogP contribution in [0, 0.1) is 0 Å². The van der Waals surface area contributed by atoms with Crippen LogP contribution in [0.4, 0.5) is 0 Å². The minimum absolute atomic E-state index is 0.0691. The van der Waals surface area contributed by atoms with E-state index in [2.05, 4.69) is 17.3 Å². The average molecular weight is 189 g/mol. The molecule has 0 saturated heterocycles. The fraction of sp³-hybridized carbons (Fsp3) is 0.273. The number of ketones is 1. The topological polar surface area (TPSA) is 43.1 Å². The van der Waals surface area contributed by atoms with Crippen LogP contribution in [-0.2, 0) is 0 Å². The monoisotopic (exact) mass is 189 g/mol. The van der Waals surface area contributed by atoms with Gasteiger partial charge in [-0.15, -0.1) is 0 Å². The number of hydrogen-bond donors (Lipinski definition) is 0. The van der Waals surface area contributed by atoms with Gasteiger partial charge in [0.2, 0.25) is 0 Å². The molecule has 0 spiro atoms. The second kappa shape index (κ2) is 3.62. The molecule has 2 rings (SSSR count). The highest BCUT2D eigenvalue weighted by molar-refractivity contribution is 5.92. The second-order valence-corrected chi connectivity index (χ2v) is 3.27. The van der Waals surface area contributed by atoms with E-state index in [-0.39, 0.29) is 5.78 Å². The molecule has 14 heavy (non-hydrogen) atoms. The van der Waals surface area contributed by atoms with Crippen LogP contribution >= 0.6 is 0 Å². The van der Waals surface area contributed by atoms with Gasteiger partial charge in [0.05, 0.1) is 0 Å². The first-order chi connectivity index (χ1) is 6.77. The van der Waals surface area contributed by atoms with Gasteiger partial charge in [-0.2, -0.15) is 0 Å². The van der Waals surface area contributed by atoms with E-state index >= 15 is 0 Å². The molecule has 0 amide bonds. The minimum Gasteiger partial charge on any atom is -0.356 e. The van der Waals surface area contributed by atoms with Gasteiger partial charge in [0.1, 0.15) is 5.69 Å². The summed E-state index contributed by atoms with van der Waals surface area (Å²) in [4.78, 5) is 11.0. The molecule has 0 bridgehead atoms. The van der Waals surface area contributed by atoms with Crippen LogP contribution in [0.15, 0.2) is 28.8 Å². The molecule has 0 atom stereocenters. The van der Waals surface area contributed by atoms with Crippen molar-refractivity contribution in [2.45, 2.75) is 19.8 Å². The van der Waals surface area contributed by atoms with Gasteiger partial charge in [-0.3, -0.25) is 4.79 Å². The van der Waals surface area contributed by atoms with Gasteiger partial charge >= 0.3 is 0 Å². The highest BCUT2D eigenvalue weighted by Gasteiger charge is 2.10. The van der Waals surface area contributed by atoms with E-state index in [9.17, 15) is 4.79 Å². The fourth-order valence-electron chi connectivity index (χ4n) is 1.37. The third-order valence-electron chi connectivity index (χ3n) is 2.15. The smallest absolute Gasteiger partial charge is 0.181 e. The Morgan fingerprint density at radius 1 is 1.50 bits per heavy atom. The van der Waals surface area contributed by atoms with Crippen LogP contribution in [0.1, 0.15) is 36.0 Å². The molecule has 1 aliphatic rings. The highest BCUT2D eigenvalue weighted by Crippen LogP contribution is 2.21. The summed E-state index contributed by atoms with van der Waals surface area (Å²) in [6.45, 7) is 1.48. The van der Waals surface area contributed by atoms with Crippen molar-refractivity contribution in [2.75, 3.05) is 0 Å². The van der Waals surface area contributed by atoms with Crippen molar-refractivity contribution in [2.24, 2.45) is 0 Å². The first kappa shape index (κ1) is 8.94. The lowest BCUT2D eigenvalue weighted by Crippen LogP contribution is -1.89. The Kier molecular flexibility index (Phi) is 2.31. The van der Waals surface area contributed by atoms with E-state index in [4.69, 9.17) is 4.52 Å². The highest BCUT2D eigenvalue weighted by atomic mass is 16.5. The van der Waals surface area contributed by atoms with Crippen LogP contribution in [0.5, 0.6) is 0 Å². The average Bonchev–Trinajstić information content (AvgIpc) is 2.68. The number of nitrogens with zero attached hydrogens (tertiary/aromatic N) is 1.